The zero-order valence-electron chi connectivity index (χ0n) is 13.8. The lowest BCUT2D eigenvalue weighted by molar-refractivity contribution is 0.309. The van der Waals surface area contributed by atoms with Gasteiger partial charge >= 0.3 is 0 Å². The first-order chi connectivity index (χ1) is 10.7. The number of benzene rings is 2. The number of aryl methyl sites for hydroxylation is 2. The van der Waals surface area contributed by atoms with E-state index in [9.17, 15) is 0 Å². The van der Waals surface area contributed by atoms with Crippen molar-refractivity contribution in [2.45, 2.75) is 40.2 Å². The number of ether oxygens (including phenoxy) is 1. The summed E-state index contributed by atoms with van der Waals surface area (Å²) in [5.41, 5.74) is 11.4. The van der Waals surface area contributed by atoms with Gasteiger partial charge in [0, 0.05) is 12.2 Å². The molecule has 0 atom stereocenters. The molecular formula is C19H26N2O. The number of unbranched alkanes of at least 4 members (excludes halogenated alkanes) is 1. The molecule has 0 unspecified atom stereocenters. The van der Waals surface area contributed by atoms with Crippen LogP contribution < -0.4 is 15.6 Å². The molecular weight excluding hydrogens is 272 g/mol. The molecule has 0 saturated carbocycles. The van der Waals surface area contributed by atoms with E-state index in [1.54, 1.807) is 0 Å². The van der Waals surface area contributed by atoms with Gasteiger partial charge in [0.05, 0.1) is 6.61 Å². The molecule has 2 aromatic carbocycles. The van der Waals surface area contributed by atoms with Crippen molar-refractivity contribution in [2.24, 2.45) is 0 Å². The lowest BCUT2D eigenvalue weighted by Gasteiger charge is -2.15. The lowest BCUT2D eigenvalue weighted by atomic mass is 10.0. The van der Waals surface area contributed by atoms with Gasteiger partial charge in [0.2, 0.25) is 0 Å². The monoisotopic (exact) mass is 298 g/mol. The van der Waals surface area contributed by atoms with Crippen molar-refractivity contribution < 1.29 is 4.74 Å². The fourth-order valence-electron chi connectivity index (χ4n) is 2.41. The number of rotatable bonds is 8. The smallest absolute Gasteiger partial charge is 0.119 e. The number of nitrogens with one attached hydrogen (secondary N) is 2. The van der Waals surface area contributed by atoms with Crippen LogP contribution in [-0.4, -0.2) is 6.61 Å². The Balaban J connectivity index is 1.93. The maximum Gasteiger partial charge on any atom is 0.119 e. The molecule has 3 nitrogen and oxygen atoms in total. The van der Waals surface area contributed by atoms with Crippen LogP contribution in [0.1, 0.15) is 36.5 Å². The molecule has 0 bridgehead atoms. The Morgan fingerprint density at radius 1 is 1.00 bits per heavy atom. The predicted octanol–water partition coefficient (Wildman–Crippen LogP) is 4.60. The maximum atomic E-state index is 5.80. The molecule has 2 aromatic rings. The summed E-state index contributed by atoms with van der Waals surface area (Å²) < 4.78 is 5.80. The first-order valence-electron chi connectivity index (χ1n) is 7.97. The molecule has 118 valence electrons. The Bertz CT molecular complexity index is 558. The van der Waals surface area contributed by atoms with Gasteiger partial charge in [-0.25, -0.2) is 5.43 Å². The van der Waals surface area contributed by atoms with E-state index in [1.165, 1.54) is 16.7 Å². The highest BCUT2D eigenvalue weighted by Gasteiger charge is 2.06. The minimum absolute atomic E-state index is 0.780. The maximum absolute atomic E-state index is 5.80. The fourth-order valence-corrected chi connectivity index (χ4v) is 2.41. The average molecular weight is 298 g/mol. The summed E-state index contributed by atoms with van der Waals surface area (Å²) in [6, 6.07) is 14.4. The molecule has 0 saturated heterocycles. The van der Waals surface area contributed by atoms with E-state index in [1.807, 2.05) is 30.3 Å². The summed E-state index contributed by atoms with van der Waals surface area (Å²) in [6.07, 6.45) is 2.26. The van der Waals surface area contributed by atoms with Crippen LogP contribution in [0.25, 0.3) is 0 Å². The molecule has 0 radical (unpaired) electrons. The lowest BCUT2D eigenvalue weighted by Crippen LogP contribution is -2.22. The van der Waals surface area contributed by atoms with Gasteiger partial charge in [-0.05, 0) is 61.2 Å². The number of para-hydroxylation sites is 1. The topological polar surface area (TPSA) is 33.3 Å². The molecule has 0 amide bonds. The molecule has 0 aromatic heterocycles. The molecule has 0 heterocycles. The van der Waals surface area contributed by atoms with E-state index < -0.39 is 0 Å². The van der Waals surface area contributed by atoms with Crippen LogP contribution in [0.3, 0.4) is 0 Å². The van der Waals surface area contributed by atoms with Gasteiger partial charge in [-0.3, -0.25) is 0 Å². The molecule has 3 heteroatoms. The summed E-state index contributed by atoms with van der Waals surface area (Å²) in [4.78, 5) is 0. The van der Waals surface area contributed by atoms with E-state index in [0.29, 0.717) is 0 Å². The Labute approximate surface area is 133 Å². The van der Waals surface area contributed by atoms with Crippen molar-refractivity contribution in [2.75, 3.05) is 12.0 Å². The average Bonchev–Trinajstić information content (AvgIpc) is 2.51. The van der Waals surface area contributed by atoms with Gasteiger partial charge in [0.1, 0.15) is 5.75 Å². The Morgan fingerprint density at radius 2 is 1.68 bits per heavy atom. The first-order valence-corrected chi connectivity index (χ1v) is 7.97. The summed E-state index contributed by atoms with van der Waals surface area (Å²) in [6.45, 7) is 8.02. The second kappa shape index (κ2) is 8.44. The minimum Gasteiger partial charge on any atom is -0.494 e. The SMILES string of the molecule is CCCCOc1cc(C)c(CNNc2ccccc2)c(C)c1. The summed E-state index contributed by atoms with van der Waals surface area (Å²) in [5.74, 6) is 0.975. The number of hydrazine groups is 1. The van der Waals surface area contributed by atoms with Crippen LogP contribution >= 0.6 is 0 Å². The highest BCUT2D eigenvalue weighted by Crippen LogP contribution is 2.22. The zero-order valence-corrected chi connectivity index (χ0v) is 13.8. The van der Waals surface area contributed by atoms with Crippen LogP contribution in [0.2, 0.25) is 0 Å². The molecule has 0 spiro atoms. The van der Waals surface area contributed by atoms with E-state index in [0.717, 1.165) is 37.4 Å². The van der Waals surface area contributed by atoms with Crippen molar-refractivity contribution in [1.29, 1.82) is 0 Å². The second-order valence-corrected chi connectivity index (χ2v) is 5.58. The molecule has 2 rings (SSSR count). The van der Waals surface area contributed by atoms with Crippen LogP contribution in [0.5, 0.6) is 5.75 Å². The quantitative estimate of drug-likeness (QED) is 0.552. The number of hydrogen-bond acceptors (Lipinski definition) is 3. The van der Waals surface area contributed by atoms with Crippen molar-refractivity contribution in [3.8, 4) is 5.75 Å². The summed E-state index contributed by atoms with van der Waals surface area (Å²) >= 11 is 0. The number of anilines is 1. The van der Waals surface area contributed by atoms with E-state index in [-0.39, 0.29) is 0 Å². The van der Waals surface area contributed by atoms with Crippen LogP contribution in [0.4, 0.5) is 5.69 Å². The predicted molar refractivity (Wildman–Crippen MR) is 93.2 cm³/mol. The second-order valence-electron chi connectivity index (χ2n) is 5.58. The van der Waals surface area contributed by atoms with Crippen molar-refractivity contribution >= 4 is 5.69 Å². The molecule has 0 aliphatic rings. The number of hydrogen-bond donors (Lipinski definition) is 2. The molecule has 2 N–H and O–H groups in total. The molecule has 0 aliphatic heterocycles. The van der Waals surface area contributed by atoms with Gasteiger partial charge < -0.3 is 10.2 Å². The van der Waals surface area contributed by atoms with Crippen LogP contribution in [0.15, 0.2) is 42.5 Å². The molecule has 22 heavy (non-hydrogen) atoms. The first kappa shape index (κ1) is 16.4. The normalized spacial score (nSPS) is 10.5. The Kier molecular flexibility index (Phi) is 6.28. The van der Waals surface area contributed by atoms with Crippen molar-refractivity contribution in [3.05, 3.63) is 59.2 Å². The summed E-state index contributed by atoms with van der Waals surface area (Å²) in [7, 11) is 0. The van der Waals surface area contributed by atoms with E-state index in [4.69, 9.17) is 4.74 Å². The molecule has 0 aliphatic carbocycles. The van der Waals surface area contributed by atoms with Gasteiger partial charge in [0.25, 0.3) is 0 Å². The Morgan fingerprint density at radius 3 is 2.32 bits per heavy atom. The third-order valence-electron chi connectivity index (χ3n) is 3.71. The highest BCUT2D eigenvalue weighted by atomic mass is 16.5. The van der Waals surface area contributed by atoms with Crippen molar-refractivity contribution in [3.63, 3.8) is 0 Å². The van der Waals surface area contributed by atoms with Gasteiger partial charge in [-0.1, -0.05) is 31.5 Å². The van der Waals surface area contributed by atoms with Gasteiger partial charge in [-0.15, -0.1) is 0 Å². The highest BCUT2D eigenvalue weighted by molar-refractivity contribution is 5.43. The van der Waals surface area contributed by atoms with E-state index >= 15 is 0 Å². The Hall–Kier alpha value is -2.00. The third-order valence-corrected chi connectivity index (χ3v) is 3.71. The van der Waals surface area contributed by atoms with Gasteiger partial charge in [-0.2, -0.15) is 0 Å². The van der Waals surface area contributed by atoms with E-state index in [2.05, 4.69) is 43.8 Å². The zero-order chi connectivity index (χ0) is 15.8. The molecule has 0 fully saturated rings. The third kappa shape index (κ3) is 4.78. The van der Waals surface area contributed by atoms with Crippen molar-refractivity contribution in [1.82, 2.24) is 5.43 Å². The van der Waals surface area contributed by atoms with Gasteiger partial charge in [0.15, 0.2) is 0 Å². The van der Waals surface area contributed by atoms with Crippen LogP contribution in [0, 0.1) is 13.8 Å². The summed E-state index contributed by atoms with van der Waals surface area (Å²) in [5, 5.41) is 0. The van der Waals surface area contributed by atoms with Crippen LogP contribution in [-0.2, 0) is 6.54 Å². The minimum atomic E-state index is 0.780. The largest absolute Gasteiger partial charge is 0.494 e. The standard InChI is InChI=1S/C19H26N2O/c1-4-5-11-22-18-12-15(2)19(16(3)13-18)14-20-21-17-9-7-6-8-10-17/h6-10,12-13,20-21H,4-5,11,14H2,1-3H3. The fraction of sp³-hybridized carbons (Fsp3) is 0.368.